The van der Waals surface area contributed by atoms with Gasteiger partial charge in [-0.2, -0.15) is 0 Å². The Morgan fingerprint density at radius 3 is 2.61 bits per heavy atom. The Balaban J connectivity index is 2.12. The number of nitrogens with one attached hydrogen (secondary N) is 1. The lowest BCUT2D eigenvalue weighted by atomic mass is 10.2. The molecule has 0 bridgehead atoms. The van der Waals surface area contributed by atoms with E-state index in [0.29, 0.717) is 31.6 Å². The summed E-state index contributed by atoms with van der Waals surface area (Å²) in [7, 11) is 0. The number of carbonyl (C=O) groups is 2. The Hall–Kier alpha value is -2.28. The number of aldehydes is 1. The van der Waals surface area contributed by atoms with Gasteiger partial charge in [-0.15, -0.1) is 0 Å². The Morgan fingerprint density at radius 2 is 2.00 bits per heavy atom. The topological polar surface area (TPSA) is 94.1 Å². The molecule has 0 radical (unpaired) electrons. The van der Waals surface area contributed by atoms with Crippen molar-refractivity contribution in [1.29, 1.82) is 0 Å². The van der Waals surface area contributed by atoms with E-state index in [1.54, 1.807) is 26.8 Å². The third-order valence-corrected chi connectivity index (χ3v) is 2.52. The van der Waals surface area contributed by atoms with E-state index >= 15 is 0 Å². The van der Waals surface area contributed by atoms with Crippen molar-refractivity contribution in [3.8, 4) is 11.5 Å². The summed E-state index contributed by atoms with van der Waals surface area (Å²) >= 11 is 0. The van der Waals surface area contributed by atoms with Crippen LogP contribution in [-0.2, 0) is 9.47 Å². The highest BCUT2D eigenvalue weighted by atomic mass is 16.6. The molecule has 7 heteroatoms. The molecule has 0 aliphatic carbocycles. The molecule has 23 heavy (non-hydrogen) atoms. The normalized spacial score (nSPS) is 10.9. The van der Waals surface area contributed by atoms with Gasteiger partial charge in [-0.05, 0) is 39.0 Å². The first kappa shape index (κ1) is 18.8. The molecule has 7 nitrogen and oxygen atoms in total. The van der Waals surface area contributed by atoms with Gasteiger partial charge in [0.05, 0.1) is 13.2 Å². The highest BCUT2D eigenvalue weighted by molar-refractivity contribution is 5.76. The fourth-order valence-corrected chi connectivity index (χ4v) is 1.58. The maximum absolute atomic E-state index is 11.4. The van der Waals surface area contributed by atoms with Crippen LogP contribution >= 0.6 is 0 Å². The molecule has 1 aromatic rings. The van der Waals surface area contributed by atoms with Crippen LogP contribution in [0.2, 0.25) is 0 Å². The van der Waals surface area contributed by atoms with Crippen LogP contribution in [0.25, 0.3) is 0 Å². The minimum absolute atomic E-state index is 0.0961. The molecule has 1 aromatic carbocycles. The van der Waals surface area contributed by atoms with E-state index < -0.39 is 11.7 Å². The van der Waals surface area contributed by atoms with Crippen molar-refractivity contribution >= 4 is 12.4 Å². The molecule has 0 saturated carbocycles. The molecule has 1 rings (SSSR count). The summed E-state index contributed by atoms with van der Waals surface area (Å²) in [5, 5.41) is 12.2. The van der Waals surface area contributed by atoms with Crippen molar-refractivity contribution < 1.29 is 28.9 Å². The number of ether oxygens (including phenoxy) is 3. The van der Waals surface area contributed by atoms with Gasteiger partial charge in [0.15, 0.2) is 11.5 Å². The lowest BCUT2D eigenvalue weighted by molar-refractivity contribution is 0.0488. The summed E-state index contributed by atoms with van der Waals surface area (Å²) in [4.78, 5) is 21.9. The third kappa shape index (κ3) is 8.06. The van der Waals surface area contributed by atoms with E-state index in [9.17, 15) is 14.7 Å². The van der Waals surface area contributed by atoms with Gasteiger partial charge < -0.3 is 24.6 Å². The summed E-state index contributed by atoms with van der Waals surface area (Å²) in [6.07, 6.45) is 0.155. The number of amides is 1. The van der Waals surface area contributed by atoms with E-state index in [4.69, 9.17) is 14.2 Å². The van der Waals surface area contributed by atoms with Gasteiger partial charge in [-0.25, -0.2) is 4.79 Å². The number of benzene rings is 1. The van der Waals surface area contributed by atoms with Gasteiger partial charge in [0.1, 0.15) is 18.5 Å². The van der Waals surface area contributed by atoms with Crippen molar-refractivity contribution in [2.45, 2.75) is 26.4 Å². The van der Waals surface area contributed by atoms with Crippen LogP contribution in [0, 0.1) is 0 Å². The van der Waals surface area contributed by atoms with Crippen molar-refractivity contribution in [3.05, 3.63) is 23.8 Å². The first-order valence-electron chi connectivity index (χ1n) is 7.27. The van der Waals surface area contributed by atoms with E-state index in [-0.39, 0.29) is 18.1 Å². The number of aromatic hydroxyl groups is 1. The van der Waals surface area contributed by atoms with Crippen LogP contribution in [0.4, 0.5) is 4.79 Å². The van der Waals surface area contributed by atoms with Gasteiger partial charge in [-0.3, -0.25) is 4.79 Å². The molecule has 0 atom stereocenters. The maximum atomic E-state index is 11.4. The number of rotatable bonds is 8. The van der Waals surface area contributed by atoms with Gasteiger partial charge in [-0.1, -0.05) is 0 Å². The molecule has 0 fully saturated rings. The minimum atomic E-state index is -0.528. The monoisotopic (exact) mass is 325 g/mol. The molecule has 0 unspecified atom stereocenters. The van der Waals surface area contributed by atoms with Gasteiger partial charge >= 0.3 is 6.09 Å². The van der Waals surface area contributed by atoms with Crippen molar-refractivity contribution in [3.63, 3.8) is 0 Å². The second-order valence-electron chi connectivity index (χ2n) is 5.73. The fourth-order valence-electron chi connectivity index (χ4n) is 1.58. The SMILES string of the molecule is CC(C)(C)OC(=O)NCCOCCOc1ccc(C=O)cc1O. The molecular formula is C16H23NO6. The van der Waals surface area contributed by atoms with E-state index in [1.165, 1.54) is 12.1 Å². The fraction of sp³-hybridized carbons (Fsp3) is 0.500. The maximum Gasteiger partial charge on any atom is 0.407 e. The molecule has 2 N–H and O–H groups in total. The number of hydrogen-bond acceptors (Lipinski definition) is 6. The predicted octanol–water partition coefficient (Wildman–Crippen LogP) is 2.12. The number of alkyl carbamates (subject to hydrolysis) is 1. The van der Waals surface area contributed by atoms with Gasteiger partial charge in [0.2, 0.25) is 0 Å². The van der Waals surface area contributed by atoms with Crippen LogP contribution in [0.1, 0.15) is 31.1 Å². The lowest BCUT2D eigenvalue weighted by Crippen LogP contribution is -2.34. The smallest absolute Gasteiger partial charge is 0.407 e. The molecule has 1 amide bonds. The van der Waals surface area contributed by atoms with Crippen LogP contribution in [0.5, 0.6) is 11.5 Å². The zero-order valence-electron chi connectivity index (χ0n) is 13.6. The first-order chi connectivity index (χ1) is 10.8. The zero-order chi connectivity index (χ0) is 17.3. The summed E-state index contributed by atoms with van der Waals surface area (Å²) < 4.78 is 15.7. The summed E-state index contributed by atoms with van der Waals surface area (Å²) in [6, 6.07) is 4.39. The molecule has 128 valence electrons. The van der Waals surface area contributed by atoms with E-state index in [2.05, 4.69) is 5.32 Å². The van der Waals surface area contributed by atoms with Crippen molar-refractivity contribution in [2.24, 2.45) is 0 Å². The Morgan fingerprint density at radius 1 is 1.26 bits per heavy atom. The predicted molar refractivity (Wildman–Crippen MR) is 84.0 cm³/mol. The molecule has 0 aliphatic heterocycles. The molecular weight excluding hydrogens is 302 g/mol. The lowest BCUT2D eigenvalue weighted by Gasteiger charge is -2.19. The Kier molecular flexibility index (Phi) is 7.34. The molecule has 0 aliphatic rings. The second kappa shape index (κ2) is 8.99. The van der Waals surface area contributed by atoms with Crippen LogP contribution < -0.4 is 10.1 Å². The van der Waals surface area contributed by atoms with Crippen LogP contribution in [-0.4, -0.2) is 49.5 Å². The standard InChI is InChI=1S/C16H23NO6/c1-16(2,3)23-15(20)17-6-7-21-8-9-22-14-5-4-12(11-18)10-13(14)19/h4-5,10-11,19H,6-9H2,1-3H3,(H,17,20). The third-order valence-electron chi connectivity index (χ3n) is 2.52. The zero-order valence-corrected chi connectivity index (χ0v) is 13.6. The highest BCUT2D eigenvalue weighted by Crippen LogP contribution is 2.25. The number of phenolic OH excluding ortho intramolecular Hbond substituents is 1. The van der Waals surface area contributed by atoms with Crippen molar-refractivity contribution in [1.82, 2.24) is 5.32 Å². The highest BCUT2D eigenvalue weighted by Gasteiger charge is 2.15. The van der Waals surface area contributed by atoms with Crippen LogP contribution in [0.15, 0.2) is 18.2 Å². The largest absolute Gasteiger partial charge is 0.504 e. The average Bonchev–Trinajstić information content (AvgIpc) is 2.45. The van der Waals surface area contributed by atoms with Gasteiger partial charge in [0.25, 0.3) is 0 Å². The number of phenols is 1. The Bertz CT molecular complexity index is 524. The summed E-state index contributed by atoms with van der Waals surface area (Å²) in [5.74, 6) is 0.187. The molecule has 0 heterocycles. The van der Waals surface area contributed by atoms with E-state index in [0.717, 1.165) is 0 Å². The molecule has 0 saturated heterocycles. The number of carbonyl (C=O) groups excluding carboxylic acids is 2. The Labute approximate surface area is 135 Å². The van der Waals surface area contributed by atoms with Gasteiger partial charge in [0, 0.05) is 12.1 Å². The first-order valence-corrected chi connectivity index (χ1v) is 7.27. The second-order valence-corrected chi connectivity index (χ2v) is 5.73. The summed E-state index contributed by atoms with van der Waals surface area (Å²) in [6.45, 7) is 6.55. The van der Waals surface area contributed by atoms with E-state index in [1.807, 2.05) is 0 Å². The van der Waals surface area contributed by atoms with Crippen LogP contribution in [0.3, 0.4) is 0 Å². The molecule has 0 spiro atoms. The average molecular weight is 325 g/mol. The quantitative estimate of drug-likeness (QED) is 0.562. The number of hydrogen-bond donors (Lipinski definition) is 2. The van der Waals surface area contributed by atoms with Crippen molar-refractivity contribution in [2.75, 3.05) is 26.4 Å². The molecule has 0 aromatic heterocycles. The summed E-state index contributed by atoms with van der Waals surface area (Å²) in [5.41, 5.74) is -0.153. The minimum Gasteiger partial charge on any atom is -0.504 e.